The van der Waals surface area contributed by atoms with Gasteiger partial charge in [0.2, 0.25) is 6.10 Å². The highest BCUT2D eigenvalue weighted by molar-refractivity contribution is 7.32. The second-order valence-electron chi connectivity index (χ2n) is 6.92. The Bertz CT molecular complexity index is 662. The molecule has 1 amide bonds. The first kappa shape index (κ1) is 18.4. The molecular formula is C18H24FNO4P+. The first-order valence-electron chi connectivity index (χ1n) is 8.85. The SMILES string of the molecule is CCC1(CC)C(O[P+](=O)O)C(=O)N2C(c3ccc(F)cc3)CCCC21. The molecule has 1 aromatic carbocycles. The Morgan fingerprint density at radius 2 is 1.92 bits per heavy atom. The van der Waals surface area contributed by atoms with E-state index in [-0.39, 0.29) is 23.8 Å². The monoisotopic (exact) mass is 368 g/mol. The van der Waals surface area contributed by atoms with Gasteiger partial charge in [-0.2, -0.15) is 0 Å². The van der Waals surface area contributed by atoms with E-state index in [1.165, 1.54) is 12.1 Å². The van der Waals surface area contributed by atoms with Gasteiger partial charge >= 0.3 is 8.25 Å². The van der Waals surface area contributed by atoms with Gasteiger partial charge in [0.1, 0.15) is 5.82 Å². The Kier molecular flexibility index (Phi) is 5.24. The third kappa shape index (κ3) is 3.01. The third-order valence-corrected chi connectivity index (χ3v) is 6.45. The number of piperidine rings is 1. The van der Waals surface area contributed by atoms with Gasteiger partial charge in [0, 0.05) is 16.0 Å². The van der Waals surface area contributed by atoms with Crippen molar-refractivity contribution < 1.29 is 23.2 Å². The van der Waals surface area contributed by atoms with Gasteiger partial charge in [-0.3, -0.25) is 4.79 Å². The van der Waals surface area contributed by atoms with Gasteiger partial charge in [-0.25, -0.2) is 4.39 Å². The molecule has 2 saturated heterocycles. The molecule has 1 aromatic rings. The molecule has 0 radical (unpaired) electrons. The molecule has 2 aliphatic heterocycles. The minimum atomic E-state index is -2.86. The Hall–Kier alpha value is -1.36. The van der Waals surface area contributed by atoms with Crippen molar-refractivity contribution in [3.63, 3.8) is 0 Å². The molecule has 4 atom stereocenters. The molecule has 0 saturated carbocycles. The second kappa shape index (κ2) is 7.10. The summed E-state index contributed by atoms with van der Waals surface area (Å²) < 4.78 is 29.8. The van der Waals surface area contributed by atoms with Crippen molar-refractivity contribution in [3.8, 4) is 0 Å². The number of rotatable bonds is 5. The summed E-state index contributed by atoms with van der Waals surface area (Å²) in [5.74, 6) is -0.529. The third-order valence-electron chi connectivity index (χ3n) is 6.06. The minimum absolute atomic E-state index is 0.0289. The van der Waals surface area contributed by atoms with Crippen LogP contribution >= 0.6 is 8.25 Å². The quantitative estimate of drug-likeness (QED) is 0.795. The number of fused-ring (bicyclic) bond motifs is 1. The molecule has 3 rings (SSSR count). The van der Waals surface area contributed by atoms with Crippen molar-refractivity contribution in [3.05, 3.63) is 35.6 Å². The van der Waals surface area contributed by atoms with E-state index >= 15 is 0 Å². The molecule has 2 fully saturated rings. The number of nitrogens with zero attached hydrogens (tertiary/aromatic N) is 1. The maximum atomic E-state index is 13.3. The molecule has 4 unspecified atom stereocenters. The Balaban J connectivity index is 2.02. The largest absolute Gasteiger partial charge is 0.695 e. The fourth-order valence-corrected chi connectivity index (χ4v) is 5.25. The van der Waals surface area contributed by atoms with E-state index in [0.717, 1.165) is 24.8 Å². The predicted molar refractivity (Wildman–Crippen MR) is 91.3 cm³/mol. The average Bonchev–Trinajstić information content (AvgIpc) is 2.84. The predicted octanol–water partition coefficient (Wildman–Crippen LogP) is 4.10. The number of halogens is 1. The first-order chi connectivity index (χ1) is 11.9. The van der Waals surface area contributed by atoms with Crippen LogP contribution < -0.4 is 0 Å². The van der Waals surface area contributed by atoms with Gasteiger partial charge in [-0.05, 0) is 49.8 Å². The summed E-state index contributed by atoms with van der Waals surface area (Å²) in [5, 5.41) is 0. The Labute approximate surface area is 148 Å². The summed E-state index contributed by atoms with van der Waals surface area (Å²) in [4.78, 5) is 24.3. The van der Waals surface area contributed by atoms with Gasteiger partial charge in [-0.15, -0.1) is 9.42 Å². The van der Waals surface area contributed by atoms with Crippen molar-refractivity contribution in [2.45, 2.75) is 64.1 Å². The lowest BCUT2D eigenvalue weighted by molar-refractivity contribution is -0.138. The van der Waals surface area contributed by atoms with E-state index in [0.29, 0.717) is 12.8 Å². The standard InChI is InChI=1S/C18H23FNO4P/c1-3-18(4-2)15-7-5-6-14(12-8-10-13(19)11-9-12)20(15)17(21)16(18)24-25(22)23/h8-11,14-16H,3-7H2,1-2H3/p+1. The van der Waals surface area contributed by atoms with Gasteiger partial charge < -0.3 is 4.90 Å². The zero-order valence-corrected chi connectivity index (χ0v) is 15.4. The van der Waals surface area contributed by atoms with Crippen LogP contribution in [0, 0.1) is 11.2 Å². The fraction of sp³-hybridized carbons (Fsp3) is 0.611. The molecule has 2 aliphatic rings. The van der Waals surface area contributed by atoms with Crippen molar-refractivity contribution >= 4 is 14.2 Å². The highest BCUT2D eigenvalue weighted by atomic mass is 31.1. The summed E-state index contributed by atoms with van der Waals surface area (Å²) in [7, 11) is -2.86. The van der Waals surface area contributed by atoms with Crippen molar-refractivity contribution in [1.82, 2.24) is 4.90 Å². The molecule has 25 heavy (non-hydrogen) atoms. The van der Waals surface area contributed by atoms with Crippen LogP contribution in [0.4, 0.5) is 4.39 Å². The van der Waals surface area contributed by atoms with Gasteiger partial charge in [0.25, 0.3) is 5.91 Å². The molecule has 0 bridgehead atoms. The zero-order chi connectivity index (χ0) is 18.2. The smallest absolute Gasteiger partial charge is 0.330 e. The summed E-state index contributed by atoms with van der Waals surface area (Å²) in [6, 6.07) is 6.08. The lowest BCUT2D eigenvalue weighted by Crippen LogP contribution is -2.45. The molecule has 2 heterocycles. The molecular weight excluding hydrogens is 344 g/mol. The number of hydrogen-bond donors (Lipinski definition) is 1. The number of carbonyl (C=O) groups excluding carboxylic acids is 1. The van der Waals surface area contributed by atoms with Crippen LogP contribution in [-0.2, 0) is 13.9 Å². The van der Waals surface area contributed by atoms with Crippen LogP contribution in [0.2, 0.25) is 0 Å². The van der Waals surface area contributed by atoms with Crippen molar-refractivity contribution in [1.29, 1.82) is 0 Å². The van der Waals surface area contributed by atoms with Gasteiger partial charge in [0.05, 0.1) is 6.04 Å². The fourth-order valence-electron chi connectivity index (χ4n) is 4.77. The van der Waals surface area contributed by atoms with E-state index in [2.05, 4.69) is 0 Å². The van der Waals surface area contributed by atoms with Gasteiger partial charge in [-0.1, -0.05) is 26.0 Å². The first-order valence-corrected chi connectivity index (χ1v) is 9.98. The van der Waals surface area contributed by atoms with Crippen LogP contribution in [0.1, 0.15) is 57.6 Å². The molecule has 0 aromatic heterocycles. The van der Waals surface area contributed by atoms with Crippen LogP contribution in [0.5, 0.6) is 0 Å². The lowest BCUT2D eigenvalue weighted by Gasteiger charge is -2.44. The summed E-state index contributed by atoms with van der Waals surface area (Å²) in [6.45, 7) is 4.01. The number of amides is 1. The van der Waals surface area contributed by atoms with E-state index in [1.54, 1.807) is 12.1 Å². The molecule has 0 aliphatic carbocycles. The molecule has 5 nitrogen and oxygen atoms in total. The second-order valence-corrected chi connectivity index (χ2v) is 7.61. The summed E-state index contributed by atoms with van der Waals surface area (Å²) in [5.41, 5.74) is 0.429. The maximum absolute atomic E-state index is 13.3. The van der Waals surface area contributed by atoms with Gasteiger partial charge in [0.15, 0.2) is 0 Å². The number of carbonyl (C=O) groups is 1. The van der Waals surface area contributed by atoms with E-state index < -0.39 is 19.8 Å². The van der Waals surface area contributed by atoms with E-state index in [9.17, 15) is 18.6 Å². The normalized spacial score (nSPS) is 28.8. The highest BCUT2D eigenvalue weighted by Crippen LogP contribution is 2.54. The topological polar surface area (TPSA) is 66.8 Å². The number of hydrogen-bond acceptors (Lipinski definition) is 3. The minimum Gasteiger partial charge on any atom is -0.330 e. The Morgan fingerprint density at radius 1 is 1.28 bits per heavy atom. The highest BCUT2D eigenvalue weighted by Gasteiger charge is 2.62. The Morgan fingerprint density at radius 3 is 2.48 bits per heavy atom. The molecule has 0 spiro atoms. The van der Waals surface area contributed by atoms with Crippen LogP contribution in [-0.4, -0.2) is 27.8 Å². The number of benzene rings is 1. The van der Waals surface area contributed by atoms with Crippen LogP contribution in [0.25, 0.3) is 0 Å². The lowest BCUT2D eigenvalue weighted by atomic mass is 9.71. The molecule has 136 valence electrons. The van der Waals surface area contributed by atoms with E-state index in [4.69, 9.17) is 4.52 Å². The van der Waals surface area contributed by atoms with Crippen molar-refractivity contribution in [2.24, 2.45) is 5.41 Å². The zero-order valence-electron chi connectivity index (χ0n) is 14.5. The maximum Gasteiger partial charge on any atom is 0.695 e. The van der Waals surface area contributed by atoms with Crippen molar-refractivity contribution in [2.75, 3.05) is 0 Å². The van der Waals surface area contributed by atoms with E-state index in [1.807, 2.05) is 18.7 Å². The van der Waals surface area contributed by atoms with Crippen LogP contribution in [0.3, 0.4) is 0 Å². The molecule has 1 N–H and O–H groups in total. The molecule has 7 heteroatoms. The van der Waals surface area contributed by atoms with Crippen LogP contribution in [0.15, 0.2) is 24.3 Å². The summed E-state index contributed by atoms with van der Waals surface area (Å²) >= 11 is 0. The summed E-state index contributed by atoms with van der Waals surface area (Å²) in [6.07, 6.45) is 3.10. The average molecular weight is 368 g/mol.